The highest BCUT2D eigenvalue weighted by atomic mass is 14.9. The molecule has 2 aromatic rings. The van der Waals surface area contributed by atoms with E-state index in [4.69, 9.17) is 0 Å². The van der Waals surface area contributed by atoms with Gasteiger partial charge in [-0.05, 0) is 60.9 Å². The first-order valence-electron chi connectivity index (χ1n) is 7.42. The fourth-order valence-corrected chi connectivity index (χ4v) is 3.02. The van der Waals surface area contributed by atoms with E-state index >= 15 is 0 Å². The Labute approximate surface area is 121 Å². The number of benzene rings is 1. The molecule has 0 spiro atoms. The Morgan fingerprint density at radius 1 is 1.10 bits per heavy atom. The average molecular weight is 266 g/mol. The van der Waals surface area contributed by atoms with E-state index in [0.29, 0.717) is 6.04 Å². The average Bonchev–Trinajstić information content (AvgIpc) is 2.41. The molecule has 104 valence electrons. The van der Waals surface area contributed by atoms with Gasteiger partial charge in [0.2, 0.25) is 0 Å². The molecule has 1 aromatic heterocycles. The molecule has 20 heavy (non-hydrogen) atoms. The molecular formula is C18H22N2. The predicted octanol–water partition coefficient (Wildman–Crippen LogP) is 3.73. The summed E-state index contributed by atoms with van der Waals surface area (Å²) >= 11 is 0. The fraction of sp³-hybridized carbons (Fsp3) is 0.389. The van der Waals surface area contributed by atoms with Gasteiger partial charge in [-0.1, -0.05) is 24.3 Å². The van der Waals surface area contributed by atoms with Crippen molar-refractivity contribution in [1.82, 2.24) is 10.3 Å². The zero-order valence-electron chi connectivity index (χ0n) is 12.3. The minimum Gasteiger partial charge on any atom is -0.310 e. The maximum absolute atomic E-state index is 4.20. The molecule has 1 saturated carbocycles. The van der Waals surface area contributed by atoms with Crippen molar-refractivity contribution in [2.75, 3.05) is 0 Å². The lowest BCUT2D eigenvalue weighted by Gasteiger charge is -2.37. The first-order valence-corrected chi connectivity index (χ1v) is 7.42. The topological polar surface area (TPSA) is 24.9 Å². The second kappa shape index (κ2) is 5.76. The van der Waals surface area contributed by atoms with E-state index in [2.05, 4.69) is 54.5 Å². The highest BCUT2D eigenvalue weighted by Gasteiger charge is 2.30. The van der Waals surface area contributed by atoms with Crippen LogP contribution in [0.4, 0.5) is 0 Å². The summed E-state index contributed by atoms with van der Waals surface area (Å²) in [7, 11) is 0. The molecule has 0 unspecified atom stereocenters. The molecule has 1 aliphatic rings. The number of nitrogens with zero attached hydrogens (tertiary/aromatic N) is 1. The van der Waals surface area contributed by atoms with Crippen LogP contribution < -0.4 is 5.32 Å². The number of hydrogen-bond donors (Lipinski definition) is 1. The van der Waals surface area contributed by atoms with Crippen molar-refractivity contribution in [3.63, 3.8) is 0 Å². The molecule has 2 heteroatoms. The highest BCUT2D eigenvalue weighted by Crippen LogP contribution is 2.38. The molecule has 1 heterocycles. The molecule has 0 bridgehead atoms. The van der Waals surface area contributed by atoms with E-state index in [0.717, 1.165) is 12.5 Å². The van der Waals surface area contributed by atoms with Crippen molar-refractivity contribution in [3.8, 4) is 0 Å². The molecule has 0 radical (unpaired) electrons. The van der Waals surface area contributed by atoms with Crippen LogP contribution in [-0.2, 0) is 6.54 Å². The van der Waals surface area contributed by atoms with E-state index in [1.165, 1.54) is 35.1 Å². The van der Waals surface area contributed by atoms with Crippen molar-refractivity contribution in [2.45, 2.75) is 45.2 Å². The minimum atomic E-state index is 0.652. The molecule has 0 amide bonds. The van der Waals surface area contributed by atoms with Gasteiger partial charge in [-0.2, -0.15) is 0 Å². The van der Waals surface area contributed by atoms with Crippen LogP contribution in [0.25, 0.3) is 0 Å². The normalized spacial score (nSPS) is 21.5. The van der Waals surface area contributed by atoms with Gasteiger partial charge in [0.1, 0.15) is 0 Å². The van der Waals surface area contributed by atoms with Crippen molar-refractivity contribution < 1.29 is 0 Å². The van der Waals surface area contributed by atoms with Crippen molar-refractivity contribution in [3.05, 3.63) is 65.0 Å². The quantitative estimate of drug-likeness (QED) is 0.912. The van der Waals surface area contributed by atoms with Crippen LogP contribution in [-0.4, -0.2) is 11.0 Å². The standard InChI is InChI=1S/C18H22N2/c1-13-7-8-19-11-16(13)12-20-17-9-15(10-17)18-6-4-3-5-14(18)2/h3-8,11,15,17,20H,9-10,12H2,1-2H3. The molecule has 0 saturated heterocycles. The second-order valence-electron chi connectivity index (χ2n) is 5.90. The van der Waals surface area contributed by atoms with Gasteiger partial charge in [0.05, 0.1) is 0 Å². The second-order valence-corrected chi connectivity index (χ2v) is 5.90. The molecule has 2 nitrogen and oxygen atoms in total. The lowest BCUT2D eigenvalue weighted by molar-refractivity contribution is 0.288. The van der Waals surface area contributed by atoms with E-state index in [9.17, 15) is 0 Å². The van der Waals surface area contributed by atoms with Crippen LogP contribution in [0.2, 0.25) is 0 Å². The van der Waals surface area contributed by atoms with Gasteiger partial charge >= 0.3 is 0 Å². The number of rotatable bonds is 4. The summed E-state index contributed by atoms with van der Waals surface area (Å²) in [5.41, 5.74) is 5.59. The molecule has 0 atom stereocenters. The predicted molar refractivity (Wildman–Crippen MR) is 82.8 cm³/mol. The van der Waals surface area contributed by atoms with Gasteiger partial charge in [0.15, 0.2) is 0 Å². The maximum atomic E-state index is 4.20. The van der Waals surface area contributed by atoms with E-state index in [-0.39, 0.29) is 0 Å². The van der Waals surface area contributed by atoms with Gasteiger partial charge in [-0.25, -0.2) is 0 Å². The molecule has 1 aromatic carbocycles. The number of aryl methyl sites for hydroxylation is 2. The summed E-state index contributed by atoms with van der Waals surface area (Å²) < 4.78 is 0. The summed E-state index contributed by atoms with van der Waals surface area (Å²) in [4.78, 5) is 4.20. The summed E-state index contributed by atoms with van der Waals surface area (Å²) in [6.45, 7) is 5.30. The van der Waals surface area contributed by atoms with E-state index in [1.54, 1.807) is 0 Å². The first-order chi connectivity index (χ1) is 9.74. The van der Waals surface area contributed by atoms with Crippen LogP contribution in [0.15, 0.2) is 42.7 Å². The Hall–Kier alpha value is -1.67. The molecular weight excluding hydrogens is 244 g/mol. The smallest absolute Gasteiger partial charge is 0.0315 e. The van der Waals surface area contributed by atoms with Crippen molar-refractivity contribution in [2.24, 2.45) is 0 Å². The lowest BCUT2D eigenvalue weighted by Crippen LogP contribution is -2.39. The molecule has 3 rings (SSSR count). The Bertz CT molecular complexity index is 583. The fourth-order valence-electron chi connectivity index (χ4n) is 3.02. The maximum Gasteiger partial charge on any atom is 0.0315 e. The molecule has 1 fully saturated rings. The number of hydrogen-bond acceptors (Lipinski definition) is 2. The zero-order chi connectivity index (χ0) is 13.9. The third-order valence-electron chi connectivity index (χ3n) is 4.50. The minimum absolute atomic E-state index is 0.652. The zero-order valence-corrected chi connectivity index (χ0v) is 12.3. The van der Waals surface area contributed by atoms with Gasteiger partial charge in [-0.15, -0.1) is 0 Å². The third-order valence-corrected chi connectivity index (χ3v) is 4.50. The van der Waals surface area contributed by atoms with Crippen molar-refractivity contribution in [1.29, 1.82) is 0 Å². The molecule has 1 aliphatic carbocycles. The van der Waals surface area contributed by atoms with Crippen molar-refractivity contribution >= 4 is 0 Å². The van der Waals surface area contributed by atoms with Crippen LogP contribution in [0.1, 0.15) is 41.0 Å². The van der Waals surface area contributed by atoms with Crippen LogP contribution in [0.3, 0.4) is 0 Å². The summed E-state index contributed by atoms with van der Waals surface area (Å²) in [6.07, 6.45) is 6.34. The highest BCUT2D eigenvalue weighted by molar-refractivity contribution is 5.31. The van der Waals surface area contributed by atoms with Crippen LogP contribution >= 0.6 is 0 Å². The Morgan fingerprint density at radius 2 is 1.90 bits per heavy atom. The van der Waals surface area contributed by atoms with Crippen LogP contribution in [0, 0.1) is 13.8 Å². The van der Waals surface area contributed by atoms with Crippen LogP contribution in [0.5, 0.6) is 0 Å². The van der Waals surface area contributed by atoms with E-state index in [1.807, 2.05) is 12.4 Å². The lowest BCUT2D eigenvalue weighted by atomic mass is 9.74. The summed E-state index contributed by atoms with van der Waals surface area (Å²) in [5.74, 6) is 0.740. The summed E-state index contributed by atoms with van der Waals surface area (Å²) in [5, 5.41) is 3.66. The largest absolute Gasteiger partial charge is 0.310 e. The SMILES string of the molecule is Cc1ccncc1CNC1CC(c2ccccc2C)C1. The number of aromatic nitrogens is 1. The van der Waals surface area contributed by atoms with Gasteiger partial charge in [-0.3, -0.25) is 4.98 Å². The monoisotopic (exact) mass is 266 g/mol. The van der Waals surface area contributed by atoms with Gasteiger partial charge < -0.3 is 5.32 Å². The Balaban J connectivity index is 1.52. The third kappa shape index (κ3) is 2.75. The van der Waals surface area contributed by atoms with Gasteiger partial charge in [0.25, 0.3) is 0 Å². The Kier molecular flexibility index (Phi) is 3.83. The number of pyridine rings is 1. The molecule has 1 N–H and O–H groups in total. The first kappa shape index (κ1) is 13.3. The Morgan fingerprint density at radius 3 is 2.65 bits per heavy atom. The van der Waals surface area contributed by atoms with E-state index < -0.39 is 0 Å². The molecule has 0 aliphatic heterocycles. The number of nitrogens with one attached hydrogen (secondary N) is 1. The summed E-state index contributed by atoms with van der Waals surface area (Å²) in [6, 6.07) is 11.5. The van der Waals surface area contributed by atoms with Gasteiger partial charge in [0, 0.05) is 25.0 Å².